The van der Waals surface area contributed by atoms with Crippen LogP contribution in [-0.2, 0) is 17.8 Å². The summed E-state index contributed by atoms with van der Waals surface area (Å²) in [6.07, 6.45) is 0. The van der Waals surface area contributed by atoms with E-state index in [4.69, 9.17) is 4.74 Å². The van der Waals surface area contributed by atoms with Crippen LogP contribution in [0.4, 0.5) is 0 Å². The second-order valence-corrected chi connectivity index (χ2v) is 4.71. The summed E-state index contributed by atoms with van der Waals surface area (Å²) >= 11 is 1.58. The maximum absolute atomic E-state index is 11.8. The molecule has 0 aliphatic carbocycles. The predicted octanol–water partition coefficient (Wildman–Crippen LogP) is 1.59. The molecule has 0 saturated carbocycles. The fourth-order valence-electron chi connectivity index (χ4n) is 1.95. The molecule has 2 aromatic rings. The minimum Gasteiger partial charge on any atom is -0.464 e. The molecule has 1 aliphatic heterocycles. The lowest BCUT2D eigenvalue weighted by Gasteiger charge is -2.06. The highest BCUT2D eigenvalue weighted by Gasteiger charge is 2.24. The van der Waals surface area contributed by atoms with Crippen molar-refractivity contribution < 1.29 is 9.53 Å². The van der Waals surface area contributed by atoms with Crippen molar-refractivity contribution in [2.75, 3.05) is 7.11 Å². The summed E-state index contributed by atoms with van der Waals surface area (Å²) in [5.74, 6) is 0.174. The topological polar surface area (TPSA) is 64.1 Å². The van der Waals surface area contributed by atoms with Crippen molar-refractivity contribution in [3.05, 3.63) is 33.8 Å². The zero-order valence-corrected chi connectivity index (χ0v) is 10.6. The van der Waals surface area contributed by atoms with Gasteiger partial charge in [0.25, 0.3) is 0 Å². The Hall–Kier alpha value is -1.79. The standard InChI is InChI=1S/C12H11N3O2S/c1-17-12(16)10-8-4-13-5-9(8)14-11(15-10)7-2-3-18-6-7/h2-3,6,13H,4-5H2,1H3. The lowest BCUT2D eigenvalue weighted by Crippen LogP contribution is -2.11. The fraction of sp³-hybridized carbons (Fsp3) is 0.250. The first kappa shape index (κ1) is 11.3. The second kappa shape index (κ2) is 4.47. The summed E-state index contributed by atoms with van der Waals surface area (Å²) in [7, 11) is 1.36. The maximum atomic E-state index is 11.8. The Labute approximate surface area is 108 Å². The van der Waals surface area contributed by atoms with Gasteiger partial charge < -0.3 is 10.1 Å². The first-order valence-corrected chi connectivity index (χ1v) is 6.45. The molecule has 0 aromatic carbocycles. The van der Waals surface area contributed by atoms with Crippen LogP contribution in [0, 0.1) is 0 Å². The summed E-state index contributed by atoms with van der Waals surface area (Å²) in [4.78, 5) is 20.6. The van der Waals surface area contributed by atoms with Gasteiger partial charge in [-0.3, -0.25) is 0 Å². The van der Waals surface area contributed by atoms with Crippen LogP contribution in [-0.4, -0.2) is 23.0 Å². The number of aromatic nitrogens is 2. The van der Waals surface area contributed by atoms with Gasteiger partial charge in [-0.2, -0.15) is 11.3 Å². The van der Waals surface area contributed by atoms with Crippen molar-refractivity contribution in [1.82, 2.24) is 15.3 Å². The SMILES string of the molecule is COC(=O)c1nc(-c2ccsc2)nc2c1CNC2. The Morgan fingerprint density at radius 2 is 2.33 bits per heavy atom. The molecule has 0 atom stereocenters. The Morgan fingerprint density at radius 3 is 3.06 bits per heavy atom. The number of esters is 1. The summed E-state index contributed by atoms with van der Waals surface area (Å²) < 4.78 is 4.78. The molecule has 92 valence electrons. The van der Waals surface area contributed by atoms with Gasteiger partial charge >= 0.3 is 5.97 Å². The van der Waals surface area contributed by atoms with Crippen LogP contribution in [0.15, 0.2) is 16.8 Å². The number of nitrogens with one attached hydrogen (secondary N) is 1. The van der Waals surface area contributed by atoms with Gasteiger partial charge in [0.05, 0.1) is 12.8 Å². The van der Waals surface area contributed by atoms with Gasteiger partial charge in [0.1, 0.15) is 0 Å². The molecule has 3 heterocycles. The third-order valence-electron chi connectivity index (χ3n) is 2.85. The summed E-state index contributed by atoms with van der Waals surface area (Å²) in [6, 6.07) is 1.94. The van der Waals surface area contributed by atoms with E-state index in [1.165, 1.54) is 7.11 Å². The first-order valence-electron chi connectivity index (χ1n) is 5.51. The second-order valence-electron chi connectivity index (χ2n) is 3.93. The number of ether oxygens (including phenoxy) is 1. The number of carbonyl (C=O) groups excluding carboxylic acids is 1. The molecule has 6 heteroatoms. The molecule has 0 saturated heterocycles. The molecule has 0 amide bonds. The third-order valence-corrected chi connectivity index (χ3v) is 3.53. The van der Waals surface area contributed by atoms with Crippen LogP contribution >= 0.6 is 11.3 Å². The Kier molecular flexibility index (Phi) is 2.81. The Bertz CT molecular complexity index is 596. The van der Waals surface area contributed by atoms with E-state index in [1.807, 2.05) is 16.8 Å². The van der Waals surface area contributed by atoms with E-state index in [0.717, 1.165) is 16.8 Å². The first-order chi connectivity index (χ1) is 8.79. The highest BCUT2D eigenvalue weighted by Crippen LogP contribution is 2.24. The minimum atomic E-state index is -0.408. The van der Waals surface area contributed by atoms with E-state index in [2.05, 4.69) is 15.3 Å². The molecular weight excluding hydrogens is 250 g/mol. The molecule has 0 unspecified atom stereocenters. The van der Waals surface area contributed by atoms with E-state index >= 15 is 0 Å². The Morgan fingerprint density at radius 1 is 1.44 bits per heavy atom. The van der Waals surface area contributed by atoms with Crippen LogP contribution < -0.4 is 5.32 Å². The van der Waals surface area contributed by atoms with Gasteiger partial charge in [-0.1, -0.05) is 0 Å². The summed E-state index contributed by atoms with van der Waals surface area (Å²) in [5.41, 5.74) is 3.03. The van der Waals surface area contributed by atoms with Crippen LogP contribution in [0.2, 0.25) is 0 Å². The predicted molar refractivity (Wildman–Crippen MR) is 67.2 cm³/mol. The molecule has 0 fully saturated rings. The van der Waals surface area contributed by atoms with Crippen molar-refractivity contribution in [2.24, 2.45) is 0 Å². The maximum Gasteiger partial charge on any atom is 0.357 e. The molecule has 0 spiro atoms. The van der Waals surface area contributed by atoms with Crippen LogP contribution in [0.25, 0.3) is 11.4 Å². The molecule has 5 nitrogen and oxygen atoms in total. The molecule has 0 radical (unpaired) electrons. The van der Waals surface area contributed by atoms with Crippen molar-refractivity contribution in [3.63, 3.8) is 0 Å². The monoisotopic (exact) mass is 261 g/mol. The van der Waals surface area contributed by atoms with Gasteiger partial charge in [-0.05, 0) is 11.4 Å². The number of rotatable bonds is 2. The average Bonchev–Trinajstić information content (AvgIpc) is 3.06. The zero-order valence-electron chi connectivity index (χ0n) is 9.77. The molecule has 2 aromatic heterocycles. The van der Waals surface area contributed by atoms with Crippen LogP contribution in [0.3, 0.4) is 0 Å². The van der Waals surface area contributed by atoms with Gasteiger partial charge in [-0.15, -0.1) is 0 Å². The van der Waals surface area contributed by atoms with E-state index in [0.29, 0.717) is 24.6 Å². The molecule has 18 heavy (non-hydrogen) atoms. The number of hydrogen-bond donors (Lipinski definition) is 1. The lowest BCUT2D eigenvalue weighted by molar-refractivity contribution is 0.0592. The molecule has 3 rings (SSSR count). The van der Waals surface area contributed by atoms with Crippen molar-refractivity contribution >= 4 is 17.3 Å². The van der Waals surface area contributed by atoms with E-state index in [1.54, 1.807) is 11.3 Å². The number of fused-ring (bicyclic) bond motifs is 1. The number of nitrogens with zero attached hydrogens (tertiary/aromatic N) is 2. The highest BCUT2D eigenvalue weighted by atomic mass is 32.1. The van der Waals surface area contributed by atoms with Crippen molar-refractivity contribution in [1.29, 1.82) is 0 Å². The molecule has 1 N–H and O–H groups in total. The minimum absolute atomic E-state index is 0.369. The summed E-state index contributed by atoms with van der Waals surface area (Å²) in [5, 5.41) is 7.10. The van der Waals surface area contributed by atoms with Gasteiger partial charge in [0, 0.05) is 29.6 Å². The van der Waals surface area contributed by atoms with Gasteiger partial charge in [-0.25, -0.2) is 14.8 Å². The van der Waals surface area contributed by atoms with Gasteiger partial charge in [0.15, 0.2) is 11.5 Å². The molecular formula is C12H11N3O2S. The molecule has 0 bridgehead atoms. The zero-order chi connectivity index (χ0) is 12.5. The highest BCUT2D eigenvalue weighted by molar-refractivity contribution is 7.08. The van der Waals surface area contributed by atoms with E-state index in [9.17, 15) is 4.79 Å². The molecule has 1 aliphatic rings. The number of carbonyl (C=O) groups is 1. The van der Waals surface area contributed by atoms with Crippen molar-refractivity contribution in [2.45, 2.75) is 13.1 Å². The fourth-order valence-corrected chi connectivity index (χ4v) is 2.59. The summed E-state index contributed by atoms with van der Waals surface area (Å²) in [6.45, 7) is 1.28. The number of hydrogen-bond acceptors (Lipinski definition) is 6. The third kappa shape index (κ3) is 1.79. The number of thiophene rings is 1. The van der Waals surface area contributed by atoms with Crippen molar-refractivity contribution in [3.8, 4) is 11.4 Å². The quantitative estimate of drug-likeness (QED) is 0.832. The van der Waals surface area contributed by atoms with E-state index < -0.39 is 5.97 Å². The lowest BCUT2D eigenvalue weighted by atomic mass is 10.1. The van der Waals surface area contributed by atoms with Gasteiger partial charge in [0.2, 0.25) is 0 Å². The van der Waals surface area contributed by atoms with Crippen LogP contribution in [0.5, 0.6) is 0 Å². The Balaban J connectivity index is 2.16. The van der Waals surface area contributed by atoms with Crippen LogP contribution in [0.1, 0.15) is 21.7 Å². The number of methoxy groups -OCH3 is 1. The average molecular weight is 261 g/mol. The smallest absolute Gasteiger partial charge is 0.357 e. The van der Waals surface area contributed by atoms with E-state index in [-0.39, 0.29) is 0 Å². The normalized spacial score (nSPS) is 13.4. The largest absolute Gasteiger partial charge is 0.464 e.